The molecule has 110 valence electrons. The van der Waals surface area contributed by atoms with E-state index in [0.717, 1.165) is 23.7 Å². The minimum Gasteiger partial charge on any atom is -0.478 e. The van der Waals surface area contributed by atoms with Crippen molar-refractivity contribution in [2.24, 2.45) is 5.92 Å². The number of hydrogen-bond acceptors (Lipinski definition) is 4. The van der Waals surface area contributed by atoms with Crippen molar-refractivity contribution in [3.8, 4) is 0 Å². The van der Waals surface area contributed by atoms with Gasteiger partial charge in [-0.2, -0.15) is 0 Å². The number of nitrogens with zero attached hydrogens (tertiary/aromatic N) is 2. The number of aromatic nitrogens is 2. The fourth-order valence-electron chi connectivity index (χ4n) is 3.02. The Morgan fingerprint density at radius 3 is 2.86 bits per heavy atom. The molecule has 0 bridgehead atoms. The molecule has 1 aliphatic rings. The van der Waals surface area contributed by atoms with Crippen molar-refractivity contribution in [3.63, 3.8) is 0 Å². The molecule has 2 aromatic rings. The van der Waals surface area contributed by atoms with E-state index in [-0.39, 0.29) is 5.56 Å². The predicted molar refractivity (Wildman–Crippen MR) is 81.6 cm³/mol. The minimum atomic E-state index is -0.939. The highest BCUT2D eigenvalue weighted by atomic mass is 16.4. The zero-order valence-electron chi connectivity index (χ0n) is 11.9. The summed E-state index contributed by atoms with van der Waals surface area (Å²) in [6, 6.07) is 4.95. The van der Waals surface area contributed by atoms with E-state index >= 15 is 0 Å². The summed E-state index contributed by atoms with van der Waals surface area (Å²) < 4.78 is 0. The van der Waals surface area contributed by atoms with Crippen LogP contribution in [0.25, 0.3) is 10.9 Å². The van der Waals surface area contributed by atoms with Gasteiger partial charge in [-0.25, -0.2) is 14.8 Å². The average molecular weight is 285 g/mol. The molecule has 21 heavy (non-hydrogen) atoms. The van der Waals surface area contributed by atoms with E-state index in [0.29, 0.717) is 5.52 Å². The van der Waals surface area contributed by atoms with Crippen LogP contribution in [0.3, 0.4) is 0 Å². The summed E-state index contributed by atoms with van der Waals surface area (Å²) >= 11 is 0. The van der Waals surface area contributed by atoms with E-state index in [4.69, 9.17) is 5.11 Å². The fourth-order valence-corrected chi connectivity index (χ4v) is 3.02. The van der Waals surface area contributed by atoms with Gasteiger partial charge in [-0.15, -0.1) is 0 Å². The number of benzene rings is 1. The second kappa shape index (κ2) is 6.08. The molecule has 1 aliphatic carbocycles. The number of aromatic carboxylic acids is 1. The Morgan fingerprint density at radius 1 is 1.29 bits per heavy atom. The predicted octanol–water partition coefficient (Wildman–Crippen LogP) is 3.32. The molecule has 5 heteroatoms. The molecule has 3 rings (SSSR count). The Labute approximate surface area is 123 Å². The van der Waals surface area contributed by atoms with Crippen molar-refractivity contribution in [1.82, 2.24) is 9.97 Å². The van der Waals surface area contributed by atoms with Crippen LogP contribution in [0.4, 0.5) is 5.82 Å². The van der Waals surface area contributed by atoms with Crippen LogP contribution in [-0.4, -0.2) is 27.6 Å². The van der Waals surface area contributed by atoms with Crippen molar-refractivity contribution >= 4 is 22.7 Å². The molecule has 1 aromatic carbocycles. The molecule has 0 aliphatic heterocycles. The molecule has 0 saturated heterocycles. The number of nitrogens with one attached hydrogen (secondary N) is 1. The standard InChI is InChI=1S/C16H19N3O2/c20-16(21)12-5-6-13-14(9-12)18-10-19-15(13)17-8-7-11-3-1-2-4-11/h5-6,9-11H,1-4,7-8H2,(H,20,21)(H,17,18,19). The normalized spacial score (nSPS) is 15.4. The van der Waals surface area contributed by atoms with Crippen LogP contribution < -0.4 is 5.32 Å². The summed E-state index contributed by atoms with van der Waals surface area (Å²) in [5.74, 6) is 0.686. The highest BCUT2D eigenvalue weighted by Crippen LogP contribution is 2.27. The molecular weight excluding hydrogens is 266 g/mol. The molecule has 1 aromatic heterocycles. The fraction of sp³-hybridized carbons (Fsp3) is 0.438. The molecule has 1 saturated carbocycles. The molecule has 0 atom stereocenters. The number of carbonyl (C=O) groups is 1. The lowest BCUT2D eigenvalue weighted by Crippen LogP contribution is -2.08. The van der Waals surface area contributed by atoms with Gasteiger partial charge in [0.05, 0.1) is 11.1 Å². The smallest absolute Gasteiger partial charge is 0.335 e. The third-order valence-corrected chi connectivity index (χ3v) is 4.20. The molecule has 2 N–H and O–H groups in total. The van der Waals surface area contributed by atoms with E-state index in [9.17, 15) is 4.79 Å². The largest absolute Gasteiger partial charge is 0.478 e. The van der Waals surface area contributed by atoms with E-state index in [1.54, 1.807) is 18.2 Å². The van der Waals surface area contributed by atoms with Crippen LogP contribution >= 0.6 is 0 Å². The van der Waals surface area contributed by atoms with Gasteiger partial charge < -0.3 is 10.4 Å². The third kappa shape index (κ3) is 3.12. The number of hydrogen-bond donors (Lipinski definition) is 2. The van der Waals surface area contributed by atoms with Gasteiger partial charge in [0.1, 0.15) is 12.1 Å². The van der Waals surface area contributed by atoms with E-state index in [1.807, 2.05) is 0 Å². The lowest BCUT2D eigenvalue weighted by atomic mass is 10.0. The molecule has 0 radical (unpaired) electrons. The van der Waals surface area contributed by atoms with Crippen molar-refractivity contribution in [2.75, 3.05) is 11.9 Å². The highest BCUT2D eigenvalue weighted by Gasteiger charge is 2.14. The molecule has 5 nitrogen and oxygen atoms in total. The van der Waals surface area contributed by atoms with Gasteiger partial charge in [0.25, 0.3) is 0 Å². The van der Waals surface area contributed by atoms with Crippen molar-refractivity contribution in [2.45, 2.75) is 32.1 Å². The Bertz CT molecular complexity index is 651. The molecule has 1 fully saturated rings. The van der Waals surface area contributed by atoms with E-state index in [2.05, 4.69) is 15.3 Å². The van der Waals surface area contributed by atoms with Gasteiger partial charge >= 0.3 is 5.97 Å². The Morgan fingerprint density at radius 2 is 2.10 bits per heavy atom. The summed E-state index contributed by atoms with van der Waals surface area (Å²) in [7, 11) is 0. The molecule has 0 amide bonds. The quantitative estimate of drug-likeness (QED) is 0.881. The molecule has 0 unspecified atom stereocenters. The van der Waals surface area contributed by atoms with Crippen LogP contribution in [0.5, 0.6) is 0 Å². The van der Waals surface area contributed by atoms with Gasteiger partial charge in [0.2, 0.25) is 0 Å². The first-order valence-electron chi connectivity index (χ1n) is 7.46. The summed E-state index contributed by atoms with van der Waals surface area (Å²) in [4.78, 5) is 19.4. The third-order valence-electron chi connectivity index (χ3n) is 4.20. The van der Waals surface area contributed by atoms with E-state index < -0.39 is 5.97 Å². The maximum absolute atomic E-state index is 11.0. The lowest BCUT2D eigenvalue weighted by Gasteiger charge is -2.11. The number of anilines is 1. The zero-order chi connectivity index (χ0) is 14.7. The molecule has 0 spiro atoms. The molecule has 1 heterocycles. The van der Waals surface area contributed by atoms with Gasteiger partial charge in [-0.1, -0.05) is 25.7 Å². The number of fused-ring (bicyclic) bond motifs is 1. The topological polar surface area (TPSA) is 75.1 Å². The summed E-state index contributed by atoms with van der Waals surface area (Å²) in [5, 5.41) is 13.3. The maximum Gasteiger partial charge on any atom is 0.335 e. The van der Waals surface area contributed by atoms with E-state index in [1.165, 1.54) is 38.4 Å². The van der Waals surface area contributed by atoms with Gasteiger partial charge in [0, 0.05) is 11.9 Å². The SMILES string of the molecule is O=C(O)c1ccc2c(NCCC3CCCC3)ncnc2c1. The monoisotopic (exact) mass is 285 g/mol. The maximum atomic E-state index is 11.0. The number of carboxylic acids is 1. The van der Waals surface area contributed by atoms with Crippen LogP contribution in [0.1, 0.15) is 42.5 Å². The van der Waals surface area contributed by atoms with Crippen LogP contribution in [0.2, 0.25) is 0 Å². The average Bonchev–Trinajstić information content (AvgIpc) is 3.00. The van der Waals surface area contributed by atoms with Crippen LogP contribution in [0, 0.1) is 5.92 Å². The summed E-state index contributed by atoms with van der Waals surface area (Å²) in [5.41, 5.74) is 0.909. The first-order chi connectivity index (χ1) is 10.2. The zero-order valence-corrected chi connectivity index (χ0v) is 11.9. The Kier molecular flexibility index (Phi) is 3.99. The van der Waals surface area contributed by atoms with Crippen molar-refractivity contribution in [3.05, 3.63) is 30.1 Å². The molecular formula is C16H19N3O2. The summed E-state index contributed by atoms with van der Waals surface area (Å²) in [6.07, 6.45) is 8.05. The second-order valence-electron chi connectivity index (χ2n) is 5.63. The van der Waals surface area contributed by atoms with Crippen molar-refractivity contribution in [1.29, 1.82) is 0 Å². The Balaban J connectivity index is 1.73. The second-order valence-corrected chi connectivity index (χ2v) is 5.63. The Hall–Kier alpha value is -2.17. The first kappa shape index (κ1) is 13.8. The first-order valence-corrected chi connectivity index (χ1v) is 7.46. The van der Waals surface area contributed by atoms with Crippen molar-refractivity contribution < 1.29 is 9.90 Å². The highest BCUT2D eigenvalue weighted by molar-refractivity contribution is 5.96. The van der Waals surface area contributed by atoms with Gasteiger partial charge in [0.15, 0.2) is 0 Å². The summed E-state index contributed by atoms with van der Waals surface area (Å²) in [6.45, 7) is 0.900. The lowest BCUT2D eigenvalue weighted by molar-refractivity contribution is 0.0697. The number of rotatable bonds is 5. The van der Waals surface area contributed by atoms with Gasteiger partial charge in [-0.3, -0.25) is 0 Å². The van der Waals surface area contributed by atoms with Gasteiger partial charge in [-0.05, 0) is 30.5 Å². The van der Waals surface area contributed by atoms with Crippen LogP contribution in [0.15, 0.2) is 24.5 Å². The van der Waals surface area contributed by atoms with Crippen LogP contribution in [-0.2, 0) is 0 Å². The number of carboxylic acid groups (broad SMARTS) is 1. The minimum absolute atomic E-state index is 0.248.